The fraction of sp³-hybridized carbons (Fsp3) is 0.462. The number of phenolic OH excluding ortho intramolecular Hbond substituents is 2. The molecule has 0 fully saturated rings. The van der Waals surface area contributed by atoms with Crippen LogP contribution in [0, 0.1) is 0 Å². The number of phenols is 2. The maximum absolute atomic E-state index is 11.9. The average molecular weight is 269 g/mol. The fourth-order valence-electron chi connectivity index (χ4n) is 1.49. The number of rotatable bonds is 6. The van der Waals surface area contributed by atoms with Gasteiger partial charge in [0.1, 0.15) is 0 Å². The summed E-state index contributed by atoms with van der Waals surface area (Å²) < 4.78 is 0. The first-order valence-electron chi connectivity index (χ1n) is 5.95. The Morgan fingerprint density at radius 1 is 1.44 bits per heavy atom. The molecule has 1 unspecified atom stereocenters. The third-order valence-corrected chi connectivity index (χ3v) is 3.47. The number of amides is 1. The zero-order valence-electron chi connectivity index (χ0n) is 10.6. The molecule has 0 heterocycles. The van der Waals surface area contributed by atoms with Crippen LogP contribution in [0.2, 0.25) is 0 Å². The van der Waals surface area contributed by atoms with E-state index in [1.54, 1.807) is 0 Å². The molecule has 18 heavy (non-hydrogen) atoms. The topological polar surface area (TPSA) is 69.6 Å². The number of hydrogen-bond acceptors (Lipinski definition) is 4. The number of nitrogens with one attached hydrogen (secondary N) is 1. The van der Waals surface area contributed by atoms with Gasteiger partial charge in [0.05, 0.1) is 5.56 Å². The third kappa shape index (κ3) is 4.14. The molecule has 4 nitrogen and oxygen atoms in total. The molecule has 1 aromatic carbocycles. The largest absolute Gasteiger partial charge is 0.504 e. The van der Waals surface area contributed by atoms with Crippen LogP contribution in [0.15, 0.2) is 18.2 Å². The van der Waals surface area contributed by atoms with Gasteiger partial charge in [0, 0.05) is 6.04 Å². The lowest BCUT2D eigenvalue weighted by Crippen LogP contribution is -2.33. The molecule has 0 saturated heterocycles. The highest BCUT2D eigenvalue weighted by Gasteiger charge is 2.15. The van der Waals surface area contributed by atoms with Crippen LogP contribution < -0.4 is 5.32 Å². The predicted molar refractivity (Wildman–Crippen MR) is 74.3 cm³/mol. The minimum atomic E-state index is -0.370. The van der Waals surface area contributed by atoms with Crippen molar-refractivity contribution in [3.8, 4) is 11.5 Å². The highest BCUT2D eigenvalue weighted by atomic mass is 32.2. The summed E-state index contributed by atoms with van der Waals surface area (Å²) in [4.78, 5) is 11.9. The summed E-state index contributed by atoms with van der Waals surface area (Å²) >= 11 is 1.82. The molecule has 100 valence electrons. The lowest BCUT2D eigenvalue weighted by molar-refractivity contribution is 0.0936. The molecule has 1 amide bonds. The molecule has 0 aromatic heterocycles. The van der Waals surface area contributed by atoms with E-state index in [0.29, 0.717) is 0 Å². The van der Waals surface area contributed by atoms with Crippen molar-refractivity contribution in [1.82, 2.24) is 5.32 Å². The monoisotopic (exact) mass is 269 g/mol. The van der Waals surface area contributed by atoms with Gasteiger partial charge in [0.2, 0.25) is 0 Å². The minimum absolute atomic E-state index is 0.0401. The summed E-state index contributed by atoms with van der Waals surface area (Å²) in [6.07, 6.45) is 0.879. The van der Waals surface area contributed by atoms with Gasteiger partial charge in [0.25, 0.3) is 5.91 Å². The van der Waals surface area contributed by atoms with E-state index in [1.807, 2.05) is 18.7 Å². The normalized spacial score (nSPS) is 12.1. The van der Waals surface area contributed by atoms with Crippen LogP contribution in [0.25, 0.3) is 0 Å². The molecular formula is C13H19NO3S. The molecule has 1 atom stereocenters. The molecule has 0 spiro atoms. The average Bonchev–Trinajstić information content (AvgIpc) is 2.32. The molecular weight excluding hydrogens is 250 g/mol. The van der Waals surface area contributed by atoms with Crippen LogP contribution in [-0.4, -0.2) is 33.7 Å². The fourth-order valence-corrected chi connectivity index (χ4v) is 2.30. The van der Waals surface area contributed by atoms with Gasteiger partial charge in [-0.05, 0) is 37.0 Å². The molecule has 5 heteroatoms. The van der Waals surface area contributed by atoms with E-state index < -0.39 is 0 Å². The van der Waals surface area contributed by atoms with Crippen molar-refractivity contribution in [2.24, 2.45) is 0 Å². The lowest BCUT2D eigenvalue weighted by Gasteiger charge is -2.14. The standard InChI is InChI=1S/C13H19NO3S/c1-3-18-8-7-9(2)14-13(17)10-5-4-6-11(15)12(10)16/h4-6,9,15-16H,3,7-8H2,1-2H3,(H,14,17). The second kappa shape index (κ2) is 7.16. The van der Waals surface area contributed by atoms with E-state index >= 15 is 0 Å². The summed E-state index contributed by atoms with van der Waals surface area (Å²) in [7, 11) is 0. The Morgan fingerprint density at radius 2 is 2.17 bits per heavy atom. The first-order chi connectivity index (χ1) is 8.56. The number of para-hydroxylation sites is 1. The maximum Gasteiger partial charge on any atom is 0.255 e. The van der Waals surface area contributed by atoms with Crippen molar-refractivity contribution in [1.29, 1.82) is 0 Å². The van der Waals surface area contributed by atoms with Crippen LogP contribution in [0.1, 0.15) is 30.6 Å². The maximum atomic E-state index is 11.9. The van der Waals surface area contributed by atoms with Crippen LogP contribution in [0.5, 0.6) is 11.5 Å². The van der Waals surface area contributed by atoms with E-state index in [9.17, 15) is 15.0 Å². The molecule has 0 saturated carbocycles. The van der Waals surface area contributed by atoms with Gasteiger partial charge in [-0.25, -0.2) is 0 Å². The lowest BCUT2D eigenvalue weighted by atomic mass is 10.1. The number of carbonyl (C=O) groups excluding carboxylic acids is 1. The van der Waals surface area contributed by atoms with Crippen molar-refractivity contribution in [2.45, 2.75) is 26.3 Å². The van der Waals surface area contributed by atoms with Crippen molar-refractivity contribution >= 4 is 17.7 Å². The van der Waals surface area contributed by atoms with Gasteiger partial charge in [-0.1, -0.05) is 13.0 Å². The zero-order valence-corrected chi connectivity index (χ0v) is 11.5. The number of aromatic hydroxyl groups is 2. The van der Waals surface area contributed by atoms with Gasteiger partial charge in [-0.3, -0.25) is 4.79 Å². The predicted octanol–water partition coefficient (Wildman–Crippen LogP) is 2.36. The molecule has 3 N–H and O–H groups in total. The van der Waals surface area contributed by atoms with Crippen LogP contribution in [-0.2, 0) is 0 Å². The summed E-state index contributed by atoms with van der Waals surface area (Å²) in [5, 5.41) is 21.7. The Bertz CT molecular complexity index is 409. The van der Waals surface area contributed by atoms with Gasteiger partial charge < -0.3 is 15.5 Å². The molecule has 1 rings (SSSR count). The Morgan fingerprint density at radius 3 is 2.83 bits per heavy atom. The highest BCUT2D eigenvalue weighted by molar-refractivity contribution is 7.99. The number of benzene rings is 1. The molecule has 1 aromatic rings. The summed E-state index contributed by atoms with van der Waals surface area (Å²) in [6.45, 7) is 4.02. The first kappa shape index (κ1) is 14.7. The minimum Gasteiger partial charge on any atom is -0.504 e. The van der Waals surface area contributed by atoms with E-state index in [-0.39, 0.29) is 29.0 Å². The summed E-state index contributed by atoms with van der Waals surface area (Å²) in [5.74, 6) is 1.04. The van der Waals surface area contributed by atoms with E-state index in [1.165, 1.54) is 18.2 Å². The Labute approximate surface area is 111 Å². The van der Waals surface area contributed by atoms with E-state index in [2.05, 4.69) is 12.2 Å². The molecule has 0 aliphatic carbocycles. The van der Waals surface area contributed by atoms with Gasteiger partial charge in [0.15, 0.2) is 11.5 Å². The van der Waals surface area contributed by atoms with Crippen LogP contribution in [0.3, 0.4) is 0 Å². The van der Waals surface area contributed by atoms with E-state index in [0.717, 1.165) is 17.9 Å². The summed E-state index contributed by atoms with van der Waals surface area (Å²) in [5.41, 5.74) is 0.102. The second-order valence-electron chi connectivity index (χ2n) is 4.03. The van der Waals surface area contributed by atoms with Crippen molar-refractivity contribution in [3.63, 3.8) is 0 Å². The summed E-state index contributed by atoms with van der Waals surface area (Å²) in [6, 6.07) is 4.39. The number of thioether (sulfide) groups is 1. The first-order valence-corrected chi connectivity index (χ1v) is 7.11. The molecule has 0 aliphatic heterocycles. The molecule has 0 radical (unpaired) electrons. The SMILES string of the molecule is CCSCCC(C)NC(=O)c1cccc(O)c1O. The third-order valence-electron chi connectivity index (χ3n) is 2.54. The zero-order chi connectivity index (χ0) is 13.5. The molecule has 0 aliphatic rings. The smallest absolute Gasteiger partial charge is 0.255 e. The Kier molecular flexibility index (Phi) is 5.85. The molecule has 0 bridgehead atoms. The van der Waals surface area contributed by atoms with Crippen molar-refractivity contribution < 1.29 is 15.0 Å². The number of carbonyl (C=O) groups is 1. The van der Waals surface area contributed by atoms with Crippen LogP contribution in [0.4, 0.5) is 0 Å². The van der Waals surface area contributed by atoms with Gasteiger partial charge in [-0.15, -0.1) is 0 Å². The second-order valence-corrected chi connectivity index (χ2v) is 5.43. The highest BCUT2D eigenvalue weighted by Crippen LogP contribution is 2.28. The van der Waals surface area contributed by atoms with E-state index in [4.69, 9.17) is 0 Å². The van der Waals surface area contributed by atoms with Crippen molar-refractivity contribution in [2.75, 3.05) is 11.5 Å². The van der Waals surface area contributed by atoms with Gasteiger partial charge >= 0.3 is 0 Å². The van der Waals surface area contributed by atoms with Gasteiger partial charge in [-0.2, -0.15) is 11.8 Å². The Balaban J connectivity index is 2.57. The number of hydrogen-bond donors (Lipinski definition) is 3. The quantitative estimate of drug-likeness (QED) is 0.548. The van der Waals surface area contributed by atoms with Crippen LogP contribution >= 0.6 is 11.8 Å². The Hall–Kier alpha value is -1.36. The van der Waals surface area contributed by atoms with Crippen molar-refractivity contribution in [3.05, 3.63) is 23.8 Å².